The van der Waals surface area contributed by atoms with E-state index in [2.05, 4.69) is 33.5 Å². The van der Waals surface area contributed by atoms with Gasteiger partial charge >= 0.3 is 12.0 Å². The number of urea groups is 1. The summed E-state index contributed by atoms with van der Waals surface area (Å²) in [6.45, 7) is 2.27. The lowest BCUT2D eigenvalue weighted by atomic mass is 9.84. The number of benzene rings is 2. The van der Waals surface area contributed by atoms with Crippen LogP contribution in [-0.4, -0.2) is 64.1 Å². The zero-order chi connectivity index (χ0) is 25.2. The number of para-hydroxylation sites is 1. The summed E-state index contributed by atoms with van der Waals surface area (Å²) in [6.07, 6.45) is 5.04. The smallest absolute Gasteiger partial charge is 0.321 e. The first-order valence-electron chi connectivity index (χ1n) is 12.4. The number of carboxylic acid groups (broad SMARTS) is 1. The number of fused-ring (bicyclic) bond motifs is 1. The molecule has 3 aromatic rings. The van der Waals surface area contributed by atoms with Gasteiger partial charge in [0, 0.05) is 41.9 Å². The van der Waals surface area contributed by atoms with Gasteiger partial charge in [-0.05, 0) is 74.4 Å². The maximum Gasteiger partial charge on any atom is 0.321 e. The van der Waals surface area contributed by atoms with Crippen LogP contribution < -0.4 is 5.32 Å². The van der Waals surface area contributed by atoms with Crippen molar-refractivity contribution < 1.29 is 23.5 Å². The Balaban J connectivity index is 1.17. The molecule has 2 amide bonds. The Kier molecular flexibility index (Phi) is 6.91. The van der Waals surface area contributed by atoms with Crippen molar-refractivity contribution >= 4 is 28.6 Å². The monoisotopic (exact) mass is 496 g/mol. The zero-order valence-electron chi connectivity index (χ0n) is 19.9. The van der Waals surface area contributed by atoms with E-state index >= 15 is 0 Å². The second-order valence-corrected chi connectivity index (χ2v) is 9.77. The summed E-state index contributed by atoms with van der Waals surface area (Å²) in [5.41, 5.74) is 2.61. The van der Waals surface area contributed by atoms with Gasteiger partial charge in [-0.2, -0.15) is 0 Å². The molecule has 1 atom stereocenters. The number of hydrogen-bond acceptors (Lipinski definition) is 3. The van der Waals surface area contributed by atoms with Crippen molar-refractivity contribution in [1.29, 1.82) is 0 Å². The summed E-state index contributed by atoms with van der Waals surface area (Å²) in [6, 6.07) is 10.5. The largest absolute Gasteiger partial charge is 0.480 e. The molecule has 190 valence electrons. The summed E-state index contributed by atoms with van der Waals surface area (Å²) in [5.74, 6) is -2.47. The number of aromatic amines is 1. The molecule has 2 aliphatic rings. The van der Waals surface area contributed by atoms with Gasteiger partial charge < -0.3 is 20.3 Å². The number of anilines is 1. The summed E-state index contributed by atoms with van der Waals surface area (Å²) in [4.78, 5) is 31.9. The summed E-state index contributed by atoms with van der Waals surface area (Å²) >= 11 is 0. The van der Waals surface area contributed by atoms with Gasteiger partial charge in [0.15, 0.2) is 11.6 Å². The predicted molar refractivity (Wildman–Crippen MR) is 133 cm³/mol. The highest BCUT2D eigenvalue weighted by Gasteiger charge is 2.38. The Labute approximate surface area is 208 Å². The van der Waals surface area contributed by atoms with Crippen LogP contribution in [0.4, 0.5) is 19.3 Å². The summed E-state index contributed by atoms with van der Waals surface area (Å²) < 4.78 is 26.6. The normalized spacial score (nSPS) is 18.9. The molecule has 36 heavy (non-hydrogen) atoms. The average Bonchev–Trinajstić information content (AvgIpc) is 3.31. The van der Waals surface area contributed by atoms with Crippen LogP contribution in [0.5, 0.6) is 0 Å². The van der Waals surface area contributed by atoms with Gasteiger partial charge in [-0.15, -0.1) is 0 Å². The van der Waals surface area contributed by atoms with Crippen molar-refractivity contribution in [2.45, 2.75) is 37.6 Å². The van der Waals surface area contributed by atoms with Crippen LogP contribution in [0.25, 0.3) is 10.9 Å². The Morgan fingerprint density at radius 3 is 2.39 bits per heavy atom. The van der Waals surface area contributed by atoms with Crippen LogP contribution in [0.2, 0.25) is 0 Å². The molecule has 0 bridgehead atoms. The van der Waals surface area contributed by atoms with Gasteiger partial charge in [-0.3, -0.25) is 9.69 Å². The summed E-state index contributed by atoms with van der Waals surface area (Å²) in [7, 11) is 0. The molecule has 2 aliphatic heterocycles. The van der Waals surface area contributed by atoms with Crippen LogP contribution in [0.1, 0.15) is 37.2 Å². The number of likely N-dealkylation sites (tertiary alicyclic amines) is 2. The molecule has 2 saturated heterocycles. The van der Waals surface area contributed by atoms with Crippen LogP contribution in [0.3, 0.4) is 0 Å². The number of carbonyl (C=O) groups is 2. The first-order chi connectivity index (χ1) is 17.4. The minimum atomic E-state index is -1.02. The summed E-state index contributed by atoms with van der Waals surface area (Å²) in [5, 5.41) is 13.9. The Morgan fingerprint density at radius 1 is 0.972 bits per heavy atom. The van der Waals surface area contributed by atoms with Crippen molar-refractivity contribution in [2.24, 2.45) is 5.92 Å². The molecule has 1 aromatic heterocycles. The molecule has 0 radical (unpaired) electrons. The Bertz CT molecular complexity index is 1250. The van der Waals surface area contributed by atoms with Gasteiger partial charge in [0.25, 0.3) is 0 Å². The number of aromatic nitrogens is 1. The third-order valence-electron chi connectivity index (χ3n) is 7.68. The number of hydrogen-bond donors (Lipinski definition) is 3. The van der Waals surface area contributed by atoms with Crippen molar-refractivity contribution in [3.63, 3.8) is 0 Å². The van der Waals surface area contributed by atoms with E-state index in [-0.39, 0.29) is 11.6 Å². The number of halogens is 2. The molecule has 2 fully saturated rings. The van der Waals surface area contributed by atoms with E-state index in [0.29, 0.717) is 31.8 Å². The molecule has 0 aliphatic carbocycles. The maximum atomic E-state index is 13.4. The van der Waals surface area contributed by atoms with E-state index in [9.17, 15) is 23.5 Å². The SMILES string of the molecule is O=C(O)C(C1CCN(C(=O)Nc2ccc(F)c(F)c2)CC1)N1CCC(c2c[nH]c3ccccc23)CC1. The average molecular weight is 497 g/mol. The molecule has 7 nitrogen and oxygen atoms in total. The van der Waals surface area contributed by atoms with Crippen LogP contribution in [0, 0.1) is 17.6 Å². The van der Waals surface area contributed by atoms with Gasteiger partial charge in [0.1, 0.15) is 6.04 Å². The fourth-order valence-corrected chi connectivity index (χ4v) is 5.77. The number of piperidine rings is 2. The van der Waals surface area contributed by atoms with Gasteiger partial charge in [0.05, 0.1) is 0 Å². The standard InChI is InChI=1S/C27H30F2N4O3/c28-22-6-5-19(15-23(22)29)31-27(36)33-13-9-18(10-14-33)25(26(34)35)32-11-7-17(8-12-32)21-16-30-24-4-2-1-3-20(21)24/h1-6,15-18,25,30H,7-14H2,(H,31,36)(H,34,35). The second kappa shape index (κ2) is 10.3. The first kappa shape index (κ1) is 24.2. The van der Waals surface area contributed by atoms with E-state index in [4.69, 9.17) is 0 Å². The highest BCUT2D eigenvalue weighted by Crippen LogP contribution is 2.35. The molecule has 9 heteroatoms. The lowest BCUT2D eigenvalue weighted by Gasteiger charge is -2.41. The van der Waals surface area contributed by atoms with Crippen molar-refractivity contribution in [2.75, 3.05) is 31.5 Å². The third-order valence-corrected chi connectivity index (χ3v) is 7.68. The minimum Gasteiger partial charge on any atom is -0.480 e. The first-order valence-corrected chi connectivity index (χ1v) is 12.4. The zero-order valence-corrected chi connectivity index (χ0v) is 19.9. The number of rotatable bonds is 5. The van der Waals surface area contributed by atoms with Crippen molar-refractivity contribution in [1.82, 2.24) is 14.8 Å². The van der Waals surface area contributed by atoms with E-state index in [1.165, 1.54) is 17.0 Å². The second-order valence-electron chi connectivity index (χ2n) is 9.77. The third kappa shape index (κ3) is 4.93. The van der Waals surface area contributed by atoms with Crippen LogP contribution in [0.15, 0.2) is 48.7 Å². The molecule has 0 spiro atoms. The molecule has 5 rings (SSSR count). The van der Waals surface area contributed by atoms with E-state index < -0.39 is 29.7 Å². The predicted octanol–water partition coefficient (Wildman–Crippen LogP) is 5.02. The topological polar surface area (TPSA) is 88.7 Å². The molecule has 0 saturated carbocycles. The maximum absolute atomic E-state index is 13.4. The molecule has 2 aromatic carbocycles. The van der Waals surface area contributed by atoms with Gasteiger partial charge in [-0.25, -0.2) is 13.6 Å². The lowest BCUT2D eigenvalue weighted by molar-refractivity contribution is -0.146. The number of aliphatic carboxylic acids is 1. The molecule has 3 N–H and O–H groups in total. The minimum absolute atomic E-state index is 0.0561. The number of nitrogens with one attached hydrogen (secondary N) is 2. The van der Waals surface area contributed by atoms with Gasteiger partial charge in [0.2, 0.25) is 0 Å². The molecular weight excluding hydrogens is 466 g/mol. The van der Waals surface area contributed by atoms with E-state index in [0.717, 1.165) is 43.6 Å². The van der Waals surface area contributed by atoms with Crippen LogP contribution >= 0.6 is 0 Å². The molecular formula is C27H30F2N4O3. The Morgan fingerprint density at radius 2 is 1.69 bits per heavy atom. The van der Waals surface area contributed by atoms with Gasteiger partial charge in [-0.1, -0.05) is 18.2 Å². The fraction of sp³-hybridized carbons (Fsp3) is 0.407. The van der Waals surface area contributed by atoms with E-state index in [1.54, 1.807) is 4.90 Å². The number of H-pyrrole nitrogens is 1. The van der Waals surface area contributed by atoms with E-state index in [1.807, 2.05) is 12.1 Å². The number of nitrogens with zero attached hydrogens (tertiary/aromatic N) is 2. The molecule has 1 unspecified atom stereocenters. The lowest BCUT2D eigenvalue weighted by Crippen LogP contribution is -2.52. The highest BCUT2D eigenvalue weighted by molar-refractivity contribution is 5.89. The highest BCUT2D eigenvalue weighted by atomic mass is 19.2. The van der Waals surface area contributed by atoms with Crippen LogP contribution in [-0.2, 0) is 4.79 Å². The Hall–Kier alpha value is -3.46. The number of carboxylic acids is 1. The van der Waals surface area contributed by atoms with Crippen molar-refractivity contribution in [3.05, 3.63) is 65.9 Å². The quantitative estimate of drug-likeness (QED) is 0.463. The fourth-order valence-electron chi connectivity index (χ4n) is 5.77. The number of amides is 2. The number of carbonyl (C=O) groups excluding carboxylic acids is 1. The van der Waals surface area contributed by atoms with Crippen molar-refractivity contribution in [3.8, 4) is 0 Å². The molecule has 3 heterocycles.